The van der Waals surface area contributed by atoms with E-state index in [1.807, 2.05) is 12.1 Å². The second kappa shape index (κ2) is 8.04. The van der Waals surface area contributed by atoms with Gasteiger partial charge in [0.15, 0.2) is 5.96 Å². The fourth-order valence-electron chi connectivity index (χ4n) is 2.29. The van der Waals surface area contributed by atoms with Crippen molar-refractivity contribution in [3.05, 3.63) is 33.8 Å². The Morgan fingerprint density at radius 2 is 2.09 bits per heavy atom. The molecule has 1 unspecified atom stereocenters. The van der Waals surface area contributed by atoms with Gasteiger partial charge in [0.2, 0.25) is 0 Å². The monoisotopic (exact) mass is 342 g/mol. The van der Waals surface area contributed by atoms with Crippen molar-refractivity contribution in [3.63, 3.8) is 0 Å². The molecule has 0 radical (unpaired) electrons. The second-order valence-corrected chi connectivity index (χ2v) is 6.63. The predicted octanol–water partition coefficient (Wildman–Crippen LogP) is 3.14. The van der Waals surface area contributed by atoms with Gasteiger partial charge in [0.05, 0.1) is 0 Å². The van der Waals surface area contributed by atoms with Gasteiger partial charge in [-0.3, -0.25) is 9.89 Å². The van der Waals surface area contributed by atoms with Crippen LogP contribution in [0.5, 0.6) is 0 Å². The number of nitrogens with zero attached hydrogens (tertiary/aromatic N) is 2. The van der Waals surface area contributed by atoms with Crippen molar-refractivity contribution in [2.75, 3.05) is 20.6 Å². The molecule has 1 atom stereocenters. The van der Waals surface area contributed by atoms with E-state index in [-0.39, 0.29) is 0 Å². The van der Waals surface area contributed by atoms with E-state index in [0.717, 1.165) is 24.1 Å². The summed E-state index contributed by atoms with van der Waals surface area (Å²) in [5, 5.41) is 7.95. The van der Waals surface area contributed by atoms with Crippen LogP contribution in [0.4, 0.5) is 0 Å². The molecule has 1 aromatic carbocycles. The zero-order valence-corrected chi connectivity index (χ0v) is 14.9. The van der Waals surface area contributed by atoms with Crippen molar-refractivity contribution in [3.8, 4) is 0 Å². The Labute approximate surface area is 142 Å². The molecule has 2 rings (SSSR count). The van der Waals surface area contributed by atoms with Gasteiger partial charge in [0.1, 0.15) is 0 Å². The maximum absolute atomic E-state index is 6.18. The summed E-state index contributed by atoms with van der Waals surface area (Å²) in [6.07, 6.45) is 2.64. The topological polar surface area (TPSA) is 39.7 Å². The molecule has 0 amide bonds. The van der Waals surface area contributed by atoms with Crippen LogP contribution in [0.3, 0.4) is 0 Å². The molecular formula is C16H24Cl2N4. The molecule has 1 aliphatic carbocycles. The summed E-state index contributed by atoms with van der Waals surface area (Å²) < 4.78 is 0. The van der Waals surface area contributed by atoms with Gasteiger partial charge in [-0.15, -0.1) is 0 Å². The van der Waals surface area contributed by atoms with E-state index < -0.39 is 0 Å². The summed E-state index contributed by atoms with van der Waals surface area (Å²) in [5.41, 5.74) is 0.997. The largest absolute Gasteiger partial charge is 0.355 e. The van der Waals surface area contributed by atoms with Gasteiger partial charge >= 0.3 is 0 Å². The van der Waals surface area contributed by atoms with Crippen LogP contribution < -0.4 is 10.6 Å². The highest BCUT2D eigenvalue weighted by Crippen LogP contribution is 2.26. The number of aliphatic imine (C=N–C) groups is 1. The van der Waals surface area contributed by atoms with E-state index in [1.165, 1.54) is 12.8 Å². The van der Waals surface area contributed by atoms with Gasteiger partial charge in [0, 0.05) is 42.3 Å². The third-order valence-electron chi connectivity index (χ3n) is 4.07. The lowest BCUT2D eigenvalue weighted by Gasteiger charge is -2.25. The maximum Gasteiger partial charge on any atom is 0.191 e. The van der Waals surface area contributed by atoms with Crippen molar-refractivity contribution >= 4 is 29.2 Å². The molecule has 122 valence electrons. The van der Waals surface area contributed by atoms with Crippen molar-refractivity contribution in [1.82, 2.24) is 15.5 Å². The van der Waals surface area contributed by atoms with Gasteiger partial charge in [-0.2, -0.15) is 0 Å². The standard InChI is InChI=1S/C16H24Cl2N4/c1-11(22(3)14-6-7-14)9-20-16(19-2)21-10-12-4-5-13(17)8-15(12)18/h4-5,8,11,14H,6-7,9-10H2,1-3H3,(H2,19,20,21). The number of nitrogens with one attached hydrogen (secondary N) is 2. The Morgan fingerprint density at radius 1 is 1.36 bits per heavy atom. The number of benzene rings is 1. The first kappa shape index (κ1) is 17.4. The zero-order valence-electron chi connectivity index (χ0n) is 13.4. The van der Waals surface area contributed by atoms with Gasteiger partial charge in [-0.05, 0) is 44.5 Å². The molecule has 1 saturated carbocycles. The quantitative estimate of drug-likeness (QED) is 0.616. The molecule has 0 aromatic heterocycles. The molecule has 4 nitrogen and oxygen atoms in total. The summed E-state index contributed by atoms with van der Waals surface area (Å²) >= 11 is 12.1. The molecule has 2 N–H and O–H groups in total. The molecule has 0 aliphatic heterocycles. The fourth-order valence-corrected chi connectivity index (χ4v) is 2.77. The lowest BCUT2D eigenvalue weighted by molar-refractivity contribution is 0.247. The van der Waals surface area contributed by atoms with E-state index in [2.05, 4.69) is 34.5 Å². The van der Waals surface area contributed by atoms with Crippen molar-refractivity contribution < 1.29 is 0 Å². The van der Waals surface area contributed by atoms with Crippen LogP contribution in [0.15, 0.2) is 23.2 Å². The molecule has 6 heteroatoms. The zero-order chi connectivity index (χ0) is 16.1. The number of likely N-dealkylation sites (N-methyl/N-ethyl adjacent to an activating group) is 1. The first-order valence-corrected chi connectivity index (χ1v) is 8.37. The summed E-state index contributed by atoms with van der Waals surface area (Å²) in [7, 11) is 3.96. The normalized spacial score (nSPS) is 16.7. The molecule has 0 heterocycles. The molecule has 0 bridgehead atoms. The molecule has 22 heavy (non-hydrogen) atoms. The number of hydrogen-bond donors (Lipinski definition) is 2. The van der Waals surface area contributed by atoms with Crippen LogP contribution in [0.25, 0.3) is 0 Å². The first-order chi connectivity index (χ1) is 10.5. The molecule has 0 spiro atoms. The van der Waals surface area contributed by atoms with Crippen LogP contribution in [-0.4, -0.2) is 43.6 Å². The average molecular weight is 343 g/mol. The lowest BCUT2D eigenvalue weighted by Crippen LogP contribution is -2.45. The summed E-state index contributed by atoms with van der Waals surface area (Å²) in [4.78, 5) is 6.68. The number of guanidine groups is 1. The minimum atomic E-state index is 0.477. The Balaban J connectivity index is 1.79. The van der Waals surface area contributed by atoms with Crippen LogP contribution in [-0.2, 0) is 6.54 Å². The minimum absolute atomic E-state index is 0.477. The first-order valence-electron chi connectivity index (χ1n) is 7.61. The predicted molar refractivity (Wildman–Crippen MR) is 94.9 cm³/mol. The van der Waals surface area contributed by atoms with Gasteiger partial charge in [-0.1, -0.05) is 29.3 Å². The van der Waals surface area contributed by atoms with Crippen molar-refractivity contribution in [2.24, 2.45) is 4.99 Å². The summed E-state index contributed by atoms with van der Waals surface area (Å²) in [6, 6.07) is 6.76. The van der Waals surface area contributed by atoms with Crippen LogP contribution in [0.1, 0.15) is 25.3 Å². The molecule has 1 aromatic rings. The Kier molecular flexibility index (Phi) is 6.36. The van der Waals surface area contributed by atoms with Crippen LogP contribution in [0, 0.1) is 0 Å². The summed E-state index contributed by atoms with van der Waals surface area (Å²) in [6.45, 7) is 3.71. The van der Waals surface area contributed by atoms with E-state index >= 15 is 0 Å². The van der Waals surface area contributed by atoms with Gasteiger partial charge in [0.25, 0.3) is 0 Å². The highest BCUT2D eigenvalue weighted by Gasteiger charge is 2.28. The van der Waals surface area contributed by atoms with Crippen LogP contribution in [0.2, 0.25) is 10.0 Å². The molecule has 1 fully saturated rings. The Bertz CT molecular complexity index is 529. The molecule has 1 aliphatic rings. The third-order valence-corrected chi connectivity index (χ3v) is 4.65. The summed E-state index contributed by atoms with van der Waals surface area (Å²) in [5.74, 6) is 0.780. The van der Waals surface area contributed by atoms with E-state index in [9.17, 15) is 0 Å². The van der Waals surface area contributed by atoms with E-state index in [1.54, 1.807) is 13.1 Å². The number of halogens is 2. The minimum Gasteiger partial charge on any atom is -0.355 e. The molecule has 0 saturated heterocycles. The second-order valence-electron chi connectivity index (χ2n) is 5.79. The Hall–Kier alpha value is -0.970. The lowest BCUT2D eigenvalue weighted by atomic mass is 10.2. The molecular weight excluding hydrogens is 319 g/mol. The van der Waals surface area contributed by atoms with Gasteiger partial charge in [-0.25, -0.2) is 0 Å². The fraction of sp³-hybridized carbons (Fsp3) is 0.562. The average Bonchev–Trinajstić information content (AvgIpc) is 3.32. The van der Waals surface area contributed by atoms with Crippen molar-refractivity contribution in [1.29, 1.82) is 0 Å². The third kappa shape index (κ3) is 5.04. The maximum atomic E-state index is 6.18. The highest BCUT2D eigenvalue weighted by molar-refractivity contribution is 6.35. The van der Waals surface area contributed by atoms with Crippen molar-refractivity contribution in [2.45, 2.75) is 38.4 Å². The van der Waals surface area contributed by atoms with Crippen LogP contribution >= 0.6 is 23.2 Å². The highest BCUT2D eigenvalue weighted by atomic mass is 35.5. The SMILES string of the molecule is CN=C(NCc1ccc(Cl)cc1Cl)NCC(C)N(C)C1CC1. The van der Waals surface area contributed by atoms with E-state index in [0.29, 0.717) is 22.6 Å². The smallest absolute Gasteiger partial charge is 0.191 e. The van der Waals surface area contributed by atoms with E-state index in [4.69, 9.17) is 23.2 Å². The number of hydrogen-bond acceptors (Lipinski definition) is 2. The number of rotatable bonds is 6. The Morgan fingerprint density at radius 3 is 2.68 bits per heavy atom. The van der Waals surface area contributed by atoms with Gasteiger partial charge < -0.3 is 10.6 Å².